The Labute approximate surface area is 92.9 Å². The first kappa shape index (κ1) is 10.2. The normalized spacial score (nSPS) is 10.7. The summed E-state index contributed by atoms with van der Waals surface area (Å²) in [7, 11) is 0. The summed E-state index contributed by atoms with van der Waals surface area (Å²) in [6.45, 7) is 1.71. The van der Waals surface area contributed by atoms with Crippen molar-refractivity contribution in [2.75, 3.05) is 0 Å². The Morgan fingerprint density at radius 2 is 1.93 bits per heavy atom. The number of hydrogen-bond donors (Lipinski definition) is 0. The fraction of sp³-hybridized carbons (Fsp3) is 0.111. The van der Waals surface area contributed by atoms with Crippen molar-refractivity contribution in [3.63, 3.8) is 0 Å². The van der Waals surface area contributed by atoms with E-state index in [0.717, 1.165) is 12.1 Å². The molecule has 0 spiro atoms. The molecule has 0 aliphatic carbocycles. The molecule has 0 radical (unpaired) electrons. The number of halogens is 3. The molecule has 0 aliphatic rings. The number of rotatable bonds is 1. The van der Waals surface area contributed by atoms with E-state index in [1.54, 1.807) is 6.92 Å². The molecule has 2 aromatic rings. The molecule has 0 saturated carbocycles. The highest BCUT2D eigenvalue weighted by molar-refractivity contribution is 9.10. The first-order valence-corrected chi connectivity index (χ1v) is 4.90. The minimum Gasteiger partial charge on any atom is -0.220 e. The van der Waals surface area contributed by atoms with Crippen molar-refractivity contribution in [2.45, 2.75) is 6.92 Å². The third-order valence-electron chi connectivity index (χ3n) is 1.84. The molecule has 0 fully saturated rings. The first-order chi connectivity index (χ1) is 7.08. The van der Waals surface area contributed by atoms with E-state index in [9.17, 15) is 8.78 Å². The van der Waals surface area contributed by atoms with E-state index < -0.39 is 11.6 Å². The molecule has 0 N–H and O–H groups in total. The molecular formula is C9H6BrF2N3. The van der Waals surface area contributed by atoms with Gasteiger partial charge in [-0.15, -0.1) is 0 Å². The van der Waals surface area contributed by atoms with Gasteiger partial charge >= 0.3 is 0 Å². The molecule has 0 aliphatic heterocycles. The van der Waals surface area contributed by atoms with Crippen molar-refractivity contribution in [3.05, 3.63) is 40.4 Å². The molecule has 0 bridgehead atoms. The highest BCUT2D eigenvalue weighted by Crippen LogP contribution is 2.23. The van der Waals surface area contributed by atoms with Gasteiger partial charge in [-0.25, -0.2) is 18.4 Å². The van der Waals surface area contributed by atoms with E-state index in [4.69, 9.17) is 0 Å². The highest BCUT2D eigenvalue weighted by Gasteiger charge is 2.10. The largest absolute Gasteiger partial charge is 0.220 e. The molecule has 0 amide bonds. The van der Waals surface area contributed by atoms with Gasteiger partial charge < -0.3 is 0 Å². The average Bonchev–Trinajstić information content (AvgIpc) is 2.58. The van der Waals surface area contributed by atoms with Crippen LogP contribution in [-0.4, -0.2) is 14.8 Å². The standard InChI is InChI=1S/C9H6BrF2N3/c1-5-13-4-15(14-5)9-3-8(12)7(11)2-6(9)10/h2-4H,1H3. The van der Waals surface area contributed by atoms with Crippen LogP contribution in [0.2, 0.25) is 0 Å². The molecule has 78 valence electrons. The Morgan fingerprint density at radius 3 is 2.53 bits per heavy atom. The maximum Gasteiger partial charge on any atom is 0.161 e. The van der Waals surface area contributed by atoms with Crippen LogP contribution in [0.3, 0.4) is 0 Å². The smallest absolute Gasteiger partial charge is 0.161 e. The second kappa shape index (κ2) is 3.69. The van der Waals surface area contributed by atoms with Crippen LogP contribution in [0, 0.1) is 18.6 Å². The second-order valence-corrected chi connectivity index (χ2v) is 3.81. The molecule has 15 heavy (non-hydrogen) atoms. The Morgan fingerprint density at radius 1 is 1.27 bits per heavy atom. The lowest BCUT2D eigenvalue weighted by Gasteiger charge is -2.04. The minimum absolute atomic E-state index is 0.412. The third kappa shape index (κ3) is 1.90. The van der Waals surface area contributed by atoms with E-state index >= 15 is 0 Å². The van der Waals surface area contributed by atoms with Gasteiger partial charge in [0.25, 0.3) is 0 Å². The van der Waals surface area contributed by atoms with Gasteiger partial charge in [0.1, 0.15) is 12.2 Å². The van der Waals surface area contributed by atoms with Gasteiger partial charge in [-0.3, -0.25) is 0 Å². The molecule has 0 unspecified atom stereocenters. The van der Waals surface area contributed by atoms with Crippen LogP contribution in [-0.2, 0) is 0 Å². The van der Waals surface area contributed by atoms with Gasteiger partial charge in [-0.05, 0) is 28.9 Å². The summed E-state index contributed by atoms with van der Waals surface area (Å²) in [6, 6.07) is 2.12. The SMILES string of the molecule is Cc1ncn(-c2cc(F)c(F)cc2Br)n1. The summed E-state index contributed by atoms with van der Waals surface area (Å²) in [5, 5.41) is 4.00. The van der Waals surface area contributed by atoms with Gasteiger partial charge in [-0.2, -0.15) is 5.10 Å². The lowest BCUT2D eigenvalue weighted by molar-refractivity contribution is 0.506. The molecule has 3 nitrogen and oxygen atoms in total. The molecular weight excluding hydrogens is 268 g/mol. The second-order valence-electron chi connectivity index (χ2n) is 2.95. The number of hydrogen-bond acceptors (Lipinski definition) is 2. The topological polar surface area (TPSA) is 30.7 Å². The third-order valence-corrected chi connectivity index (χ3v) is 2.48. The van der Waals surface area contributed by atoms with Crippen molar-refractivity contribution >= 4 is 15.9 Å². The average molecular weight is 274 g/mol. The molecule has 2 rings (SSSR count). The molecule has 1 heterocycles. The summed E-state index contributed by atoms with van der Waals surface area (Å²) in [4.78, 5) is 3.90. The molecule has 0 saturated heterocycles. The van der Waals surface area contributed by atoms with Crippen LogP contribution in [0.5, 0.6) is 0 Å². The van der Waals surface area contributed by atoms with Gasteiger partial charge in [-0.1, -0.05) is 0 Å². The van der Waals surface area contributed by atoms with E-state index in [0.29, 0.717) is 16.0 Å². The zero-order chi connectivity index (χ0) is 11.0. The summed E-state index contributed by atoms with van der Waals surface area (Å²) in [6.07, 6.45) is 1.44. The predicted molar refractivity (Wildman–Crippen MR) is 53.7 cm³/mol. The van der Waals surface area contributed by atoms with Crippen molar-refractivity contribution in [3.8, 4) is 5.69 Å². The number of aromatic nitrogens is 3. The maximum atomic E-state index is 13.0. The number of nitrogens with zero attached hydrogens (tertiary/aromatic N) is 3. The quantitative estimate of drug-likeness (QED) is 0.748. The van der Waals surface area contributed by atoms with E-state index in [1.165, 1.54) is 11.0 Å². The summed E-state index contributed by atoms with van der Waals surface area (Å²) < 4.78 is 27.6. The first-order valence-electron chi connectivity index (χ1n) is 4.11. The zero-order valence-corrected chi connectivity index (χ0v) is 9.29. The van der Waals surface area contributed by atoms with Crippen LogP contribution < -0.4 is 0 Å². The minimum atomic E-state index is -0.915. The van der Waals surface area contributed by atoms with Crippen LogP contribution in [0.4, 0.5) is 8.78 Å². The van der Waals surface area contributed by atoms with Crippen molar-refractivity contribution in [2.24, 2.45) is 0 Å². The lowest BCUT2D eigenvalue weighted by Crippen LogP contribution is -1.98. The van der Waals surface area contributed by atoms with Gasteiger partial charge in [0.15, 0.2) is 11.6 Å². The fourth-order valence-corrected chi connectivity index (χ4v) is 1.65. The monoisotopic (exact) mass is 273 g/mol. The number of benzene rings is 1. The molecule has 0 atom stereocenters. The maximum absolute atomic E-state index is 13.0. The highest BCUT2D eigenvalue weighted by atomic mass is 79.9. The Balaban J connectivity index is 2.58. The van der Waals surface area contributed by atoms with Crippen molar-refractivity contribution in [1.82, 2.24) is 14.8 Å². The van der Waals surface area contributed by atoms with Gasteiger partial charge in [0, 0.05) is 10.5 Å². The molecule has 1 aromatic heterocycles. The molecule has 6 heteroatoms. The Hall–Kier alpha value is -1.30. The van der Waals surface area contributed by atoms with Crippen LogP contribution >= 0.6 is 15.9 Å². The van der Waals surface area contributed by atoms with Gasteiger partial charge in [0.05, 0.1) is 5.69 Å². The predicted octanol–water partition coefficient (Wildman–Crippen LogP) is 2.62. The summed E-state index contributed by atoms with van der Waals surface area (Å²) >= 11 is 3.13. The van der Waals surface area contributed by atoms with Crippen molar-refractivity contribution < 1.29 is 8.78 Å². The van der Waals surface area contributed by atoms with Crippen molar-refractivity contribution in [1.29, 1.82) is 0 Å². The number of aryl methyl sites for hydroxylation is 1. The van der Waals surface area contributed by atoms with Crippen LogP contribution in [0.15, 0.2) is 22.9 Å². The Kier molecular flexibility index (Phi) is 2.52. The van der Waals surface area contributed by atoms with E-state index in [2.05, 4.69) is 26.0 Å². The summed E-state index contributed by atoms with van der Waals surface area (Å²) in [5.41, 5.74) is 0.412. The summed E-state index contributed by atoms with van der Waals surface area (Å²) in [5.74, 6) is -1.25. The van der Waals surface area contributed by atoms with E-state index in [-0.39, 0.29) is 0 Å². The fourth-order valence-electron chi connectivity index (χ4n) is 1.15. The zero-order valence-electron chi connectivity index (χ0n) is 7.71. The van der Waals surface area contributed by atoms with Crippen LogP contribution in [0.1, 0.15) is 5.82 Å². The van der Waals surface area contributed by atoms with Gasteiger partial charge in [0.2, 0.25) is 0 Å². The van der Waals surface area contributed by atoms with E-state index in [1.807, 2.05) is 0 Å². The lowest BCUT2D eigenvalue weighted by atomic mass is 10.3. The Bertz CT molecular complexity index is 510. The molecule has 1 aromatic carbocycles. The van der Waals surface area contributed by atoms with Crippen LogP contribution in [0.25, 0.3) is 5.69 Å².